The summed E-state index contributed by atoms with van der Waals surface area (Å²) in [6, 6.07) is 0. The minimum absolute atomic E-state index is 0.106. The maximum absolute atomic E-state index is 12.2. The number of nitrogens with two attached hydrogens (primary N) is 1. The van der Waals surface area contributed by atoms with Crippen molar-refractivity contribution in [3.05, 3.63) is 18.1 Å². The van der Waals surface area contributed by atoms with E-state index < -0.39 is 0 Å². The molecule has 0 spiro atoms. The first-order valence-corrected chi connectivity index (χ1v) is 5.74. The second-order valence-corrected chi connectivity index (χ2v) is 4.50. The highest BCUT2D eigenvalue weighted by Crippen LogP contribution is 2.26. The summed E-state index contributed by atoms with van der Waals surface area (Å²) in [5.74, 6) is 0.164. The molecule has 2 saturated heterocycles. The molecule has 6 nitrogen and oxygen atoms in total. The zero-order valence-electron chi connectivity index (χ0n) is 9.37. The third-order valence-corrected chi connectivity index (χ3v) is 3.20. The van der Waals surface area contributed by atoms with Crippen molar-refractivity contribution in [3.8, 4) is 0 Å². The number of carbonyl (C=O) groups excluding carboxylic acids is 1. The van der Waals surface area contributed by atoms with Gasteiger partial charge in [-0.2, -0.15) is 0 Å². The fourth-order valence-corrected chi connectivity index (χ4v) is 2.43. The number of fused-ring (bicyclic) bond motifs is 2. The van der Waals surface area contributed by atoms with Crippen molar-refractivity contribution in [3.63, 3.8) is 0 Å². The van der Waals surface area contributed by atoms with Crippen LogP contribution in [0.3, 0.4) is 0 Å². The number of likely N-dealkylation sites (tertiary alicyclic amines) is 1. The lowest BCUT2D eigenvalue weighted by molar-refractivity contribution is -0.0305. The first-order chi connectivity index (χ1) is 8.22. The number of hydrogen-bond acceptors (Lipinski definition) is 5. The Labute approximate surface area is 98.8 Å². The molecule has 3 heterocycles. The van der Waals surface area contributed by atoms with Crippen LogP contribution in [0.2, 0.25) is 0 Å². The van der Waals surface area contributed by atoms with Gasteiger partial charge in [0.15, 0.2) is 0 Å². The minimum Gasteiger partial charge on any atom is -0.382 e. The summed E-state index contributed by atoms with van der Waals surface area (Å²) in [5.41, 5.74) is 5.84. The molecule has 2 aliphatic rings. The summed E-state index contributed by atoms with van der Waals surface area (Å²) < 4.78 is 5.68. The number of nitrogen functional groups attached to an aromatic ring is 1. The minimum atomic E-state index is -0.106. The summed E-state index contributed by atoms with van der Waals surface area (Å²) in [6.45, 7) is 1.29. The monoisotopic (exact) mass is 234 g/mol. The van der Waals surface area contributed by atoms with E-state index in [-0.39, 0.29) is 23.9 Å². The molecule has 0 aliphatic carbocycles. The molecular formula is C11H14N4O2. The van der Waals surface area contributed by atoms with E-state index in [0.717, 1.165) is 12.8 Å². The second-order valence-electron chi connectivity index (χ2n) is 4.50. The van der Waals surface area contributed by atoms with E-state index in [1.54, 1.807) is 4.90 Å². The van der Waals surface area contributed by atoms with Crippen LogP contribution in [-0.4, -0.2) is 46.1 Å². The molecule has 2 aliphatic heterocycles. The highest BCUT2D eigenvalue weighted by Gasteiger charge is 2.36. The van der Waals surface area contributed by atoms with Gasteiger partial charge in [-0.1, -0.05) is 0 Å². The van der Waals surface area contributed by atoms with Crippen LogP contribution in [0.1, 0.15) is 23.3 Å². The Hall–Kier alpha value is -1.69. The van der Waals surface area contributed by atoms with Gasteiger partial charge in [0.25, 0.3) is 5.91 Å². The SMILES string of the molecule is Nc1cncc(C(=O)N2CC3CCC(C2)O3)n1. The molecule has 6 heteroatoms. The van der Waals surface area contributed by atoms with Crippen molar-refractivity contribution >= 4 is 11.7 Å². The van der Waals surface area contributed by atoms with E-state index in [0.29, 0.717) is 18.8 Å². The van der Waals surface area contributed by atoms with Gasteiger partial charge in [-0.05, 0) is 12.8 Å². The van der Waals surface area contributed by atoms with Gasteiger partial charge in [-0.25, -0.2) is 4.98 Å². The van der Waals surface area contributed by atoms with E-state index in [1.807, 2.05) is 0 Å². The van der Waals surface area contributed by atoms with Crippen LogP contribution >= 0.6 is 0 Å². The van der Waals surface area contributed by atoms with Crippen LogP contribution < -0.4 is 5.73 Å². The summed E-state index contributed by atoms with van der Waals surface area (Å²) in [7, 11) is 0. The molecule has 0 radical (unpaired) electrons. The van der Waals surface area contributed by atoms with Crippen molar-refractivity contribution in [2.24, 2.45) is 0 Å². The van der Waals surface area contributed by atoms with Crippen LogP contribution in [0.4, 0.5) is 5.82 Å². The summed E-state index contributed by atoms with van der Waals surface area (Å²) in [4.78, 5) is 21.9. The lowest BCUT2D eigenvalue weighted by atomic mass is 10.2. The summed E-state index contributed by atoms with van der Waals surface area (Å²) >= 11 is 0. The number of anilines is 1. The molecule has 1 aromatic heterocycles. The number of rotatable bonds is 1. The van der Waals surface area contributed by atoms with Gasteiger partial charge in [0.05, 0.1) is 24.6 Å². The Bertz CT molecular complexity index is 439. The number of morpholine rings is 1. The third kappa shape index (κ3) is 1.95. The Morgan fingerprint density at radius 3 is 2.71 bits per heavy atom. The third-order valence-electron chi connectivity index (χ3n) is 3.20. The molecule has 1 amide bonds. The molecule has 3 rings (SSSR count). The quantitative estimate of drug-likeness (QED) is 0.743. The number of aromatic nitrogens is 2. The predicted molar refractivity (Wildman–Crippen MR) is 60.2 cm³/mol. The van der Waals surface area contributed by atoms with E-state index in [9.17, 15) is 4.79 Å². The molecular weight excluding hydrogens is 220 g/mol. The number of nitrogens with zero attached hydrogens (tertiary/aromatic N) is 3. The number of amides is 1. The highest BCUT2D eigenvalue weighted by atomic mass is 16.5. The van der Waals surface area contributed by atoms with Crippen LogP contribution in [0.25, 0.3) is 0 Å². The first kappa shape index (κ1) is 10.5. The van der Waals surface area contributed by atoms with Gasteiger partial charge < -0.3 is 15.4 Å². The topological polar surface area (TPSA) is 81.3 Å². The first-order valence-electron chi connectivity index (χ1n) is 5.74. The highest BCUT2D eigenvalue weighted by molar-refractivity contribution is 5.92. The molecule has 90 valence electrons. The van der Waals surface area contributed by atoms with E-state index in [1.165, 1.54) is 12.4 Å². The van der Waals surface area contributed by atoms with Crippen LogP contribution in [0, 0.1) is 0 Å². The lowest BCUT2D eigenvalue weighted by Gasteiger charge is -2.31. The zero-order chi connectivity index (χ0) is 11.8. The molecule has 0 aromatic carbocycles. The van der Waals surface area contributed by atoms with E-state index >= 15 is 0 Å². The average Bonchev–Trinajstić information content (AvgIpc) is 2.67. The molecule has 17 heavy (non-hydrogen) atoms. The van der Waals surface area contributed by atoms with Gasteiger partial charge in [-0.3, -0.25) is 9.78 Å². The molecule has 1 aromatic rings. The smallest absolute Gasteiger partial charge is 0.274 e. The van der Waals surface area contributed by atoms with Crippen LogP contribution in [0.15, 0.2) is 12.4 Å². The molecule has 2 unspecified atom stereocenters. The molecule has 2 fully saturated rings. The van der Waals surface area contributed by atoms with Crippen LogP contribution in [0.5, 0.6) is 0 Å². The molecule has 2 atom stereocenters. The summed E-state index contributed by atoms with van der Waals surface area (Å²) in [6.07, 6.45) is 5.34. The lowest BCUT2D eigenvalue weighted by Crippen LogP contribution is -2.46. The molecule has 2 N–H and O–H groups in total. The Kier molecular flexibility index (Phi) is 2.44. The van der Waals surface area contributed by atoms with Gasteiger partial charge in [-0.15, -0.1) is 0 Å². The zero-order valence-corrected chi connectivity index (χ0v) is 9.37. The van der Waals surface area contributed by atoms with Crippen molar-refractivity contribution in [1.82, 2.24) is 14.9 Å². The van der Waals surface area contributed by atoms with Gasteiger partial charge in [0, 0.05) is 13.1 Å². The average molecular weight is 234 g/mol. The van der Waals surface area contributed by atoms with Gasteiger partial charge >= 0.3 is 0 Å². The maximum atomic E-state index is 12.2. The van der Waals surface area contributed by atoms with Crippen molar-refractivity contribution in [2.45, 2.75) is 25.0 Å². The fourth-order valence-electron chi connectivity index (χ4n) is 2.43. The number of carbonyl (C=O) groups is 1. The maximum Gasteiger partial charge on any atom is 0.274 e. The van der Waals surface area contributed by atoms with E-state index in [4.69, 9.17) is 10.5 Å². The predicted octanol–water partition coefficient (Wildman–Crippen LogP) is 0.0622. The Morgan fingerprint density at radius 2 is 2.06 bits per heavy atom. The van der Waals surface area contributed by atoms with E-state index in [2.05, 4.69) is 9.97 Å². The summed E-state index contributed by atoms with van der Waals surface area (Å²) in [5, 5.41) is 0. The molecule has 0 saturated carbocycles. The number of ether oxygens (including phenoxy) is 1. The standard InChI is InChI=1S/C11H14N4O2/c12-10-4-13-3-9(14-10)11(16)15-5-7-1-2-8(6-15)17-7/h3-4,7-8H,1-2,5-6H2,(H2,12,14). The Balaban J connectivity index is 1.78. The fraction of sp³-hybridized carbons (Fsp3) is 0.545. The van der Waals surface area contributed by atoms with Crippen molar-refractivity contribution < 1.29 is 9.53 Å². The Morgan fingerprint density at radius 1 is 1.35 bits per heavy atom. The van der Waals surface area contributed by atoms with Crippen LogP contribution in [-0.2, 0) is 4.74 Å². The van der Waals surface area contributed by atoms with Crippen molar-refractivity contribution in [1.29, 1.82) is 0 Å². The largest absolute Gasteiger partial charge is 0.382 e. The number of hydrogen-bond donors (Lipinski definition) is 1. The molecule has 2 bridgehead atoms. The van der Waals surface area contributed by atoms with Gasteiger partial charge in [0.2, 0.25) is 0 Å². The normalized spacial score (nSPS) is 27.2. The van der Waals surface area contributed by atoms with Gasteiger partial charge in [0.1, 0.15) is 11.5 Å². The second kappa shape index (κ2) is 3.96. The van der Waals surface area contributed by atoms with Crippen molar-refractivity contribution in [2.75, 3.05) is 18.8 Å².